The molecular weight excluding hydrogens is 290 g/mol. The standard InChI is InChI=1S/C18H25N3O2/c1-2-8-21-9-5-14-12-15(3-4-16(14)21)20-17(22)18(13-19)6-10-23-11-7-18/h3-5,9,12H,2,6-8,10-11,13,19H2,1H3,(H,20,22). The normalized spacial score (nSPS) is 17.3. The molecule has 1 aromatic heterocycles. The molecule has 1 amide bonds. The van der Waals surface area contributed by atoms with E-state index >= 15 is 0 Å². The fraction of sp³-hybridized carbons (Fsp3) is 0.500. The maximum absolute atomic E-state index is 12.7. The largest absolute Gasteiger partial charge is 0.381 e. The minimum Gasteiger partial charge on any atom is -0.381 e. The van der Waals surface area contributed by atoms with Crippen molar-refractivity contribution >= 4 is 22.5 Å². The van der Waals surface area contributed by atoms with Crippen molar-refractivity contribution in [3.8, 4) is 0 Å². The first-order valence-electron chi connectivity index (χ1n) is 8.37. The highest BCUT2D eigenvalue weighted by Gasteiger charge is 2.38. The van der Waals surface area contributed by atoms with E-state index in [-0.39, 0.29) is 5.91 Å². The molecule has 0 atom stereocenters. The van der Waals surface area contributed by atoms with Crippen LogP contribution < -0.4 is 11.1 Å². The lowest BCUT2D eigenvalue weighted by molar-refractivity contribution is -0.130. The summed E-state index contributed by atoms with van der Waals surface area (Å²) in [6.45, 7) is 4.73. The fourth-order valence-electron chi connectivity index (χ4n) is 3.26. The molecule has 2 aromatic rings. The first-order valence-corrected chi connectivity index (χ1v) is 8.37. The van der Waals surface area contributed by atoms with Gasteiger partial charge in [0.2, 0.25) is 5.91 Å². The lowest BCUT2D eigenvalue weighted by atomic mass is 9.79. The van der Waals surface area contributed by atoms with Crippen molar-refractivity contribution in [2.45, 2.75) is 32.7 Å². The van der Waals surface area contributed by atoms with Gasteiger partial charge in [0.05, 0.1) is 5.41 Å². The molecule has 2 heterocycles. The van der Waals surface area contributed by atoms with Crippen LogP contribution in [-0.2, 0) is 16.1 Å². The molecule has 1 aliphatic heterocycles. The van der Waals surface area contributed by atoms with Gasteiger partial charge in [-0.2, -0.15) is 0 Å². The number of aromatic nitrogens is 1. The highest BCUT2D eigenvalue weighted by atomic mass is 16.5. The van der Waals surface area contributed by atoms with E-state index in [9.17, 15) is 4.79 Å². The number of carbonyl (C=O) groups excluding carboxylic acids is 1. The molecule has 0 unspecified atom stereocenters. The molecule has 5 heteroatoms. The summed E-state index contributed by atoms with van der Waals surface area (Å²) in [5, 5.41) is 4.20. The number of nitrogens with one attached hydrogen (secondary N) is 1. The first kappa shape index (κ1) is 16.0. The van der Waals surface area contributed by atoms with Crippen molar-refractivity contribution in [2.24, 2.45) is 11.1 Å². The van der Waals surface area contributed by atoms with Gasteiger partial charge in [-0.25, -0.2) is 0 Å². The number of nitrogens with two attached hydrogens (primary N) is 1. The molecular formula is C18H25N3O2. The van der Waals surface area contributed by atoms with Crippen molar-refractivity contribution in [3.63, 3.8) is 0 Å². The topological polar surface area (TPSA) is 69.3 Å². The number of ether oxygens (including phenoxy) is 1. The summed E-state index contributed by atoms with van der Waals surface area (Å²) in [5.41, 5.74) is 7.43. The second-order valence-corrected chi connectivity index (χ2v) is 6.33. The minimum absolute atomic E-state index is 0.00985. The van der Waals surface area contributed by atoms with Crippen LogP contribution in [-0.4, -0.2) is 30.2 Å². The van der Waals surface area contributed by atoms with Crippen molar-refractivity contribution in [1.82, 2.24) is 4.57 Å². The number of benzene rings is 1. The van der Waals surface area contributed by atoms with Gasteiger partial charge in [0, 0.05) is 49.1 Å². The molecule has 0 saturated carbocycles. The van der Waals surface area contributed by atoms with E-state index in [1.165, 1.54) is 5.52 Å². The molecule has 124 valence electrons. The lowest BCUT2D eigenvalue weighted by Gasteiger charge is -2.34. The van der Waals surface area contributed by atoms with Crippen LogP contribution in [0.15, 0.2) is 30.5 Å². The van der Waals surface area contributed by atoms with Gasteiger partial charge in [-0.3, -0.25) is 4.79 Å². The average molecular weight is 315 g/mol. The van der Waals surface area contributed by atoms with Crippen LogP contribution in [0.25, 0.3) is 10.9 Å². The molecule has 1 aliphatic rings. The molecule has 0 bridgehead atoms. The number of carbonyl (C=O) groups is 1. The monoisotopic (exact) mass is 315 g/mol. The smallest absolute Gasteiger partial charge is 0.232 e. The molecule has 0 radical (unpaired) electrons. The van der Waals surface area contributed by atoms with Gasteiger partial charge in [0.15, 0.2) is 0 Å². The third-order valence-corrected chi connectivity index (χ3v) is 4.82. The maximum atomic E-state index is 12.7. The Bertz CT molecular complexity index is 687. The average Bonchev–Trinajstić information content (AvgIpc) is 2.98. The highest BCUT2D eigenvalue weighted by Crippen LogP contribution is 2.31. The number of hydrogen-bond donors (Lipinski definition) is 2. The SMILES string of the molecule is CCCn1ccc2cc(NC(=O)C3(CN)CCOCC3)ccc21. The molecule has 1 aromatic carbocycles. The van der Waals surface area contributed by atoms with Crippen LogP contribution in [0.4, 0.5) is 5.69 Å². The molecule has 0 spiro atoms. The van der Waals surface area contributed by atoms with E-state index in [1.807, 2.05) is 12.1 Å². The quantitative estimate of drug-likeness (QED) is 0.891. The van der Waals surface area contributed by atoms with Crippen molar-refractivity contribution in [2.75, 3.05) is 25.1 Å². The summed E-state index contributed by atoms with van der Waals surface area (Å²) < 4.78 is 7.61. The second kappa shape index (κ2) is 6.72. The zero-order valence-corrected chi connectivity index (χ0v) is 13.7. The lowest BCUT2D eigenvalue weighted by Crippen LogP contribution is -2.46. The van der Waals surface area contributed by atoms with E-state index in [0.717, 1.165) is 24.0 Å². The second-order valence-electron chi connectivity index (χ2n) is 6.33. The third kappa shape index (κ3) is 3.12. The first-order chi connectivity index (χ1) is 11.2. The highest BCUT2D eigenvalue weighted by molar-refractivity contribution is 5.97. The van der Waals surface area contributed by atoms with Crippen LogP contribution in [0, 0.1) is 5.41 Å². The molecule has 3 rings (SSSR count). The number of anilines is 1. The van der Waals surface area contributed by atoms with Gasteiger partial charge < -0.3 is 20.4 Å². The van der Waals surface area contributed by atoms with E-state index < -0.39 is 5.41 Å². The van der Waals surface area contributed by atoms with Crippen LogP contribution in [0.5, 0.6) is 0 Å². The van der Waals surface area contributed by atoms with E-state index in [0.29, 0.717) is 32.6 Å². The third-order valence-electron chi connectivity index (χ3n) is 4.82. The molecule has 5 nitrogen and oxygen atoms in total. The Balaban J connectivity index is 1.79. The van der Waals surface area contributed by atoms with Gasteiger partial charge in [-0.1, -0.05) is 6.92 Å². The molecule has 1 saturated heterocycles. The summed E-state index contributed by atoms with van der Waals surface area (Å²) in [6.07, 6.45) is 4.57. The molecule has 0 aliphatic carbocycles. The zero-order chi connectivity index (χ0) is 16.3. The Labute approximate surface area is 136 Å². The van der Waals surface area contributed by atoms with Crippen LogP contribution in [0.1, 0.15) is 26.2 Å². The molecule has 1 fully saturated rings. The van der Waals surface area contributed by atoms with Crippen molar-refractivity contribution in [3.05, 3.63) is 30.5 Å². The maximum Gasteiger partial charge on any atom is 0.232 e. The predicted octanol–water partition coefficient (Wildman–Crippen LogP) is 2.75. The van der Waals surface area contributed by atoms with Crippen LogP contribution >= 0.6 is 0 Å². The molecule has 23 heavy (non-hydrogen) atoms. The Morgan fingerprint density at radius 2 is 2.13 bits per heavy atom. The Kier molecular flexibility index (Phi) is 4.68. The summed E-state index contributed by atoms with van der Waals surface area (Å²) in [5.74, 6) is 0.00985. The Hall–Kier alpha value is -1.85. The van der Waals surface area contributed by atoms with Crippen LogP contribution in [0.2, 0.25) is 0 Å². The van der Waals surface area contributed by atoms with Gasteiger partial charge in [0.1, 0.15) is 0 Å². The van der Waals surface area contributed by atoms with Crippen molar-refractivity contribution in [1.29, 1.82) is 0 Å². The number of fused-ring (bicyclic) bond motifs is 1. The Morgan fingerprint density at radius 3 is 2.83 bits per heavy atom. The molecule has 3 N–H and O–H groups in total. The van der Waals surface area contributed by atoms with Gasteiger partial charge in [0.25, 0.3) is 0 Å². The summed E-state index contributed by atoms with van der Waals surface area (Å²) >= 11 is 0. The van der Waals surface area contributed by atoms with Gasteiger partial charge >= 0.3 is 0 Å². The van der Waals surface area contributed by atoms with E-state index in [2.05, 4.69) is 35.1 Å². The number of nitrogens with zero attached hydrogens (tertiary/aromatic N) is 1. The van der Waals surface area contributed by atoms with Crippen LogP contribution in [0.3, 0.4) is 0 Å². The number of hydrogen-bond acceptors (Lipinski definition) is 3. The Morgan fingerprint density at radius 1 is 1.35 bits per heavy atom. The fourth-order valence-corrected chi connectivity index (χ4v) is 3.26. The van der Waals surface area contributed by atoms with E-state index in [4.69, 9.17) is 10.5 Å². The minimum atomic E-state index is -0.499. The number of amides is 1. The zero-order valence-electron chi connectivity index (χ0n) is 13.7. The van der Waals surface area contributed by atoms with Gasteiger partial charge in [-0.05, 0) is 43.5 Å². The van der Waals surface area contributed by atoms with Crippen molar-refractivity contribution < 1.29 is 9.53 Å². The number of aryl methyl sites for hydroxylation is 1. The van der Waals surface area contributed by atoms with E-state index in [1.54, 1.807) is 0 Å². The summed E-state index contributed by atoms with van der Waals surface area (Å²) in [4.78, 5) is 12.7. The van der Waals surface area contributed by atoms with Gasteiger partial charge in [-0.15, -0.1) is 0 Å². The number of rotatable bonds is 5. The predicted molar refractivity (Wildman–Crippen MR) is 92.4 cm³/mol. The summed E-state index contributed by atoms with van der Waals surface area (Å²) in [6, 6.07) is 8.16. The summed E-state index contributed by atoms with van der Waals surface area (Å²) in [7, 11) is 0.